The number of carboxylic acid groups (broad SMARTS) is 1. The van der Waals surface area contributed by atoms with Crippen LogP contribution in [0.1, 0.15) is 36.3 Å². The molecule has 0 spiro atoms. The number of carboxylic acids is 1. The minimum absolute atomic E-state index is 0.0532. The van der Waals surface area contributed by atoms with Gasteiger partial charge in [0.2, 0.25) is 0 Å². The first-order chi connectivity index (χ1) is 9.97. The smallest absolute Gasteiger partial charge is 0.328 e. The summed E-state index contributed by atoms with van der Waals surface area (Å²) in [5.74, 6) is 0.0834. The molecule has 0 bridgehead atoms. The van der Waals surface area contributed by atoms with Crippen molar-refractivity contribution in [3.63, 3.8) is 0 Å². The maximum Gasteiger partial charge on any atom is 0.328 e. The molecule has 1 aliphatic heterocycles. The molecule has 1 aliphatic rings. The van der Waals surface area contributed by atoms with Gasteiger partial charge in [0, 0.05) is 25.4 Å². The molecule has 1 amide bonds. The molecule has 5 heteroatoms. The molecule has 21 heavy (non-hydrogen) atoms. The molecule has 0 radical (unpaired) electrons. The monoisotopic (exact) mass is 288 g/mol. The third-order valence-corrected chi connectivity index (χ3v) is 4.05. The van der Waals surface area contributed by atoms with Crippen molar-refractivity contribution in [3.8, 4) is 0 Å². The van der Waals surface area contributed by atoms with Crippen molar-refractivity contribution in [1.29, 1.82) is 0 Å². The SMILES string of the molecule is CC1CCN(C(=O)c2ccc(/C=C/C(=O)O)cn2)CC1C. The summed E-state index contributed by atoms with van der Waals surface area (Å²) in [5.41, 5.74) is 1.07. The van der Waals surface area contributed by atoms with Crippen molar-refractivity contribution in [3.05, 3.63) is 35.7 Å². The molecular weight excluding hydrogens is 268 g/mol. The normalized spacial score (nSPS) is 22.5. The van der Waals surface area contributed by atoms with E-state index in [1.54, 1.807) is 12.1 Å². The van der Waals surface area contributed by atoms with Gasteiger partial charge in [-0.05, 0) is 36.0 Å². The highest BCUT2D eigenvalue weighted by molar-refractivity contribution is 5.92. The third-order valence-electron chi connectivity index (χ3n) is 4.05. The number of hydrogen-bond donors (Lipinski definition) is 1. The van der Waals surface area contributed by atoms with Gasteiger partial charge < -0.3 is 10.0 Å². The lowest BCUT2D eigenvalue weighted by Crippen LogP contribution is -2.42. The first-order valence-corrected chi connectivity index (χ1v) is 7.13. The number of hydrogen-bond acceptors (Lipinski definition) is 3. The Kier molecular flexibility index (Phi) is 4.73. The summed E-state index contributed by atoms with van der Waals surface area (Å²) in [6.07, 6.45) is 5.04. The second-order valence-electron chi connectivity index (χ2n) is 5.64. The molecule has 112 valence electrons. The maximum absolute atomic E-state index is 12.4. The van der Waals surface area contributed by atoms with E-state index in [0.29, 0.717) is 23.1 Å². The lowest BCUT2D eigenvalue weighted by molar-refractivity contribution is -0.131. The van der Waals surface area contributed by atoms with Crippen LogP contribution in [0.15, 0.2) is 24.4 Å². The largest absolute Gasteiger partial charge is 0.478 e. The molecule has 5 nitrogen and oxygen atoms in total. The quantitative estimate of drug-likeness (QED) is 0.866. The van der Waals surface area contributed by atoms with Gasteiger partial charge in [0.1, 0.15) is 5.69 Å². The zero-order chi connectivity index (χ0) is 15.4. The Morgan fingerprint density at radius 2 is 2.10 bits per heavy atom. The minimum Gasteiger partial charge on any atom is -0.478 e. The van der Waals surface area contributed by atoms with Crippen LogP contribution in [0.25, 0.3) is 6.08 Å². The molecule has 2 heterocycles. The van der Waals surface area contributed by atoms with Crippen LogP contribution in [-0.4, -0.2) is 40.0 Å². The lowest BCUT2D eigenvalue weighted by atomic mass is 9.88. The Labute approximate surface area is 124 Å². The Balaban J connectivity index is 2.05. The van der Waals surface area contributed by atoms with E-state index in [4.69, 9.17) is 5.11 Å². The first-order valence-electron chi connectivity index (χ1n) is 7.13. The highest BCUT2D eigenvalue weighted by atomic mass is 16.4. The number of carbonyl (C=O) groups excluding carboxylic acids is 1. The molecule has 1 aromatic heterocycles. The summed E-state index contributed by atoms with van der Waals surface area (Å²) in [7, 11) is 0. The van der Waals surface area contributed by atoms with Gasteiger partial charge in [-0.25, -0.2) is 4.79 Å². The molecule has 1 N–H and O–H groups in total. The number of pyridine rings is 1. The van der Waals surface area contributed by atoms with E-state index in [9.17, 15) is 9.59 Å². The van der Waals surface area contributed by atoms with Crippen LogP contribution < -0.4 is 0 Å². The molecule has 2 atom stereocenters. The van der Waals surface area contributed by atoms with Gasteiger partial charge in [0.25, 0.3) is 5.91 Å². The number of piperidine rings is 1. The van der Waals surface area contributed by atoms with E-state index in [0.717, 1.165) is 25.6 Å². The van der Waals surface area contributed by atoms with Gasteiger partial charge in [-0.1, -0.05) is 19.9 Å². The summed E-state index contributed by atoms with van der Waals surface area (Å²) in [6, 6.07) is 3.35. The fourth-order valence-electron chi connectivity index (χ4n) is 2.41. The zero-order valence-electron chi connectivity index (χ0n) is 12.3. The molecule has 0 aromatic carbocycles. The topological polar surface area (TPSA) is 70.5 Å². The lowest BCUT2D eigenvalue weighted by Gasteiger charge is -2.35. The van der Waals surface area contributed by atoms with E-state index in [1.165, 1.54) is 12.3 Å². The van der Waals surface area contributed by atoms with Crippen LogP contribution in [0.4, 0.5) is 0 Å². The highest BCUT2D eigenvalue weighted by Gasteiger charge is 2.26. The van der Waals surface area contributed by atoms with Gasteiger partial charge in [-0.2, -0.15) is 0 Å². The number of aromatic nitrogens is 1. The van der Waals surface area contributed by atoms with E-state index < -0.39 is 5.97 Å². The maximum atomic E-state index is 12.4. The van der Waals surface area contributed by atoms with Crippen molar-refractivity contribution in [2.75, 3.05) is 13.1 Å². The molecule has 1 aromatic rings. The van der Waals surface area contributed by atoms with Gasteiger partial charge in [-0.15, -0.1) is 0 Å². The van der Waals surface area contributed by atoms with Crippen LogP contribution in [-0.2, 0) is 4.79 Å². The molecule has 2 unspecified atom stereocenters. The number of rotatable bonds is 3. The zero-order valence-corrected chi connectivity index (χ0v) is 12.3. The predicted octanol–water partition coefficient (Wildman–Crippen LogP) is 2.30. The summed E-state index contributed by atoms with van der Waals surface area (Å²) < 4.78 is 0. The van der Waals surface area contributed by atoms with Crippen LogP contribution in [0.3, 0.4) is 0 Å². The van der Waals surface area contributed by atoms with Crippen LogP contribution in [0.5, 0.6) is 0 Å². The number of aliphatic carboxylic acids is 1. The third kappa shape index (κ3) is 3.90. The molecule has 2 rings (SSSR count). The van der Waals surface area contributed by atoms with Gasteiger partial charge in [-0.3, -0.25) is 9.78 Å². The van der Waals surface area contributed by atoms with E-state index in [-0.39, 0.29) is 5.91 Å². The summed E-state index contributed by atoms with van der Waals surface area (Å²) in [6.45, 7) is 5.92. The molecule has 1 saturated heterocycles. The number of nitrogens with zero attached hydrogens (tertiary/aromatic N) is 2. The second-order valence-corrected chi connectivity index (χ2v) is 5.64. The minimum atomic E-state index is -1.01. The fraction of sp³-hybridized carbons (Fsp3) is 0.438. The molecular formula is C16H20N2O3. The summed E-state index contributed by atoms with van der Waals surface area (Å²) in [4.78, 5) is 28.8. The van der Waals surface area contributed by atoms with Crippen LogP contribution in [0, 0.1) is 11.8 Å². The van der Waals surface area contributed by atoms with E-state index >= 15 is 0 Å². The molecule has 0 aliphatic carbocycles. The Morgan fingerprint density at radius 1 is 1.33 bits per heavy atom. The van der Waals surface area contributed by atoms with Crippen molar-refractivity contribution in [2.45, 2.75) is 20.3 Å². The van der Waals surface area contributed by atoms with Crippen molar-refractivity contribution >= 4 is 18.0 Å². The Bertz CT molecular complexity index is 551. The average molecular weight is 288 g/mol. The standard InChI is InChI=1S/C16H20N2O3/c1-11-7-8-18(10-12(11)2)16(21)14-5-3-13(9-17-14)4-6-15(19)20/h3-6,9,11-12H,7-8,10H2,1-2H3,(H,19,20)/b6-4+. The summed E-state index contributed by atoms with van der Waals surface area (Å²) in [5, 5.41) is 8.57. The van der Waals surface area contributed by atoms with Crippen LogP contribution >= 0.6 is 0 Å². The highest BCUT2D eigenvalue weighted by Crippen LogP contribution is 2.23. The fourth-order valence-corrected chi connectivity index (χ4v) is 2.41. The average Bonchev–Trinajstić information content (AvgIpc) is 2.48. The predicted molar refractivity (Wildman–Crippen MR) is 79.8 cm³/mol. The number of amides is 1. The van der Waals surface area contributed by atoms with Crippen molar-refractivity contribution < 1.29 is 14.7 Å². The first kappa shape index (κ1) is 15.2. The number of likely N-dealkylation sites (tertiary alicyclic amines) is 1. The second kappa shape index (κ2) is 6.52. The van der Waals surface area contributed by atoms with Crippen molar-refractivity contribution in [1.82, 2.24) is 9.88 Å². The Morgan fingerprint density at radius 3 is 2.67 bits per heavy atom. The van der Waals surface area contributed by atoms with E-state index in [2.05, 4.69) is 18.8 Å². The molecule has 0 saturated carbocycles. The van der Waals surface area contributed by atoms with Gasteiger partial charge in [0.15, 0.2) is 0 Å². The number of carbonyl (C=O) groups is 2. The van der Waals surface area contributed by atoms with Gasteiger partial charge in [0.05, 0.1) is 0 Å². The summed E-state index contributed by atoms with van der Waals surface area (Å²) >= 11 is 0. The molecule has 1 fully saturated rings. The van der Waals surface area contributed by atoms with Gasteiger partial charge >= 0.3 is 5.97 Å². The Hall–Kier alpha value is -2.17. The van der Waals surface area contributed by atoms with E-state index in [1.807, 2.05) is 4.90 Å². The van der Waals surface area contributed by atoms with Crippen molar-refractivity contribution in [2.24, 2.45) is 11.8 Å². The van der Waals surface area contributed by atoms with Crippen LogP contribution in [0.2, 0.25) is 0 Å².